The van der Waals surface area contributed by atoms with E-state index in [0.717, 1.165) is 33.4 Å². The van der Waals surface area contributed by atoms with Gasteiger partial charge in [-0.05, 0) is 18.2 Å². The number of carbonyl (C=O) groups is 1. The van der Waals surface area contributed by atoms with Crippen LogP contribution in [0.3, 0.4) is 0 Å². The van der Waals surface area contributed by atoms with Crippen LogP contribution in [0, 0.1) is 0 Å². The van der Waals surface area contributed by atoms with Crippen molar-refractivity contribution in [2.24, 2.45) is 7.05 Å². The molecule has 0 radical (unpaired) electrons. The Hall–Kier alpha value is -1.95. The van der Waals surface area contributed by atoms with Crippen molar-refractivity contribution in [2.75, 3.05) is 13.2 Å². The van der Waals surface area contributed by atoms with Crippen LogP contribution < -0.4 is 0 Å². The number of H-pyrrole nitrogens is 1. The molecule has 0 spiro atoms. The fourth-order valence-electron chi connectivity index (χ4n) is 3.59. The van der Waals surface area contributed by atoms with E-state index in [1.807, 2.05) is 36.0 Å². The molecule has 7 heteroatoms. The predicted molar refractivity (Wildman–Crippen MR) is 98.9 cm³/mol. The number of aryl methyl sites for hydroxylation is 1. The van der Waals surface area contributed by atoms with Gasteiger partial charge in [0.15, 0.2) is 0 Å². The number of rotatable bonds is 2. The van der Waals surface area contributed by atoms with Gasteiger partial charge in [0.05, 0.1) is 15.6 Å². The number of nitrogens with one attached hydrogen (secondary N) is 1. The molecular weight excluding hydrogens is 361 g/mol. The Morgan fingerprint density at radius 3 is 2.88 bits per heavy atom. The van der Waals surface area contributed by atoms with Gasteiger partial charge in [-0.1, -0.05) is 23.2 Å². The average Bonchev–Trinajstić information content (AvgIpc) is 3.20. The van der Waals surface area contributed by atoms with Crippen LogP contribution >= 0.6 is 23.2 Å². The molecule has 4 rings (SSSR count). The SMILES string of the molecule is Cn1cccc1-c1cc(Cl)c(Cl)c2[nH]c3c(c12)CN(C(=O)CO)CC3. The predicted octanol–water partition coefficient (Wildman–Crippen LogP) is 3.36. The molecule has 0 saturated heterocycles. The van der Waals surface area contributed by atoms with Crippen molar-refractivity contribution in [2.45, 2.75) is 13.0 Å². The lowest BCUT2D eigenvalue weighted by molar-refractivity contribution is -0.135. The Morgan fingerprint density at radius 1 is 1.40 bits per heavy atom. The minimum absolute atomic E-state index is 0.263. The van der Waals surface area contributed by atoms with Crippen molar-refractivity contribution < 1.29 is 9.90 Å². The van der Waals surface area contributed by atoms with Gasteiger partial charge in [0.1, 0.15) is 6.61 Å². The Kier molecular flexibility index (Phi) is 4.02. The molecule has 5 nitrogen and oxygen atoms in total. The second kappa shape index (κ2) is 6.09. The molecule has 130 valence electrons. The molecule has 0 bridgehead atoms. The van der Waals surface area contributed by atoms with Gasteiger partial charge in [-0.3, -0.25) is 4.79 Å². The molecule has 1 amide bonds. The maximum Gasteiger partial charge on any atom is 0.248 e. The van der Waals surface area contributed by atoms with E-state index in [1.54, 1.807) is 4.90 Å². The van der Waals surface area contributed by atoms with Gasteiger partial charge < -0.3 is 19.6 Å². The van der Waals surface area contributed by atoms with Gasteiger partial charge in [-0.25, -0.2) is 0 Å². The first-order valence-corrected chi connectivity index (χ1v) is 8.78. The highest BCUT2D eigenvalue weighted by Gasteiger charge is 2.27. The number of fused-ring (bicyclic) bond motifs is 3. The lowest BCUT2D eigenvalue weighted by Gasteiger charge is -2.27. The van der Waals surface area contributed by atoms with E-state index in [2.05, 4.69) is 4.98 Å². The number of aromatic nitrogens is 2. The summed E-state index contributed by atoms with van der Waals surface area (Å²) >= 11 is 12.8. The molecule has 1 aromatic carbocycles. The largest absolute Gasteiger partial charge is 0.387 e. The summed E-state index contributed by atoms with van der Waals surface area (Å²) < 4.78 is 2.03. The molecule has 1 aliphatic heterocycles. The number of aliphatic hydroxyl groups excluding tert-OH is 1. The van der Waals surface area contributed by atoms with Crippen LogP contribution in [0.4, 0.5) is 0 Å². The molecule has 2 aromatic heterocycles. The van der Waals surface area contributed by atoms with Gasteiger partial charge in [0.25, 0.3) is 0 Å². The Morgan fingerprint density at radius 2 is 2.20 bits per heavy atom. The summed E-state index contributed by atoms with van der Waals surface area (Å²) in [5.41, 5.74) is 4.91. The van der Waals surface area contributed by atoms with E-state index in [-0.39, 0.29) is 5.91 Å². The quantitative estimate of drug-likeness (QED) is 0.719. The molecule has 0 aliphatic carbocycles. The zero-order valence-corrected chi connectivity index (χ0v) is 15.2. The lowest BCUT2D eigenvalue weighted by Crippen LogP contribution is -2.37. The summed E-state index contributed by atoms with van der Waals surface area (Å²) in [6.45, 7) is 0.545. The van der Waals surface area contributed by atoms with E-state index in [1.165, 1.54) is 0 Å². The van der Waals surface area contributed by atoms with Crippen LogP contribution in [-0.4, -0.2) is 38.6 Å². The Balaban J connectivity index is 1.98. The van der Waals surface area contributed by atoms with Crippen LogP contribution in [0.2, 0.25) is 10.0 Å². The molecule has 2 N–H and O–H groups in total. The van der Waals surface area contributed by atoms with Gasteiger partial charge in [0.2, 0.25) is 5.91 Å². The third kappa shape index (κ3) is 2.54. The normalized spacial score (nSPS) is 14.2. The molecule has 3 aromatic rings. The smallest absolute Gasteiger partial charge is 0.248 e. The topological polar surface area (TPSA) is 61.3 Å². The van der Waals surface area contributed by atoms with Gasteiger partial charge in [0, 0.05) is 60.7 Å². The number of hydrogen-bond acceptors (Lipinski definition) is 2. The van der Waals surface area contributed by atoms with Crippen molar-refractivity contribution in [1.29, 1.82) is 0 Å². The second-order valence-electron chi connectivity index (χ2n) is 6.28. The number of nitrogens with zero attached hydrogens (tertiary/aromatic N) is 2. The van der Waals surface area contributed by atoms with Crippen molar-refractivity contribution >= 4 is 40.0 Å². The maximum atomic E-state index is 11.9. The first-order chi connectivity index (χ1) is 12.0. The van der Waals surface area contributed by atoms with Crippen molar-refractivity contribution in [3.8, 4) is 11.3 Å². The van der Waals surface area contributed by atoms with E-state index >= 15 is 0 Å². The standard InChI is InChI=1S/C18H17Cl2N3O2/c1-22-5-2-3-14(22)10-7-12(19)17(20)18-16(10)11-8-23(15(25)9-24)6-4-13(11)21-18/h2-3,5,7,21,24H,4,6,8-9H2,1H3. The zero-order valence-electron chi connectivity index (χ0n) is 13.6. The number of halogens is 2. The molecule has 0 unspecified atom stereocenters. The van der Waals surface area contributed by atoms with Crippen LogP contribution in [0.15, 0.2) is 24.4 Å². The number of aromatic amines is 1. The number of carbonyl (C=O) groups excluding carboxylic acids is 1. The fourth-order valence-corrected chi connectivity index (χ4v) is 3.99. The number of amides is 1. The maximum absolute atomic E-state index is 11.9. The summed E-state index contributed by atoms with van der Waals surface area (Å²) in [5, 5.41) is 11.2. The summed E-state index contributed by atoms with van der Waals surface area (Å²) in [5.74, 6) is -0.263. The number of benzene rings is 1. The summed E-state index contributed by atoms with van der Waals surface area (Å²) in [6, 6.07) is 5.88. The molecule has 3 heterocycles. The minimum atomic E-state index is -0.477. The Bertz CT molecular complexity index is 990. The highest BCUT2D eigenvalue weighted by Crippen LogP contribution is 2.42. The summed E-state index contributed by atoms with van der Waals surface area (Å²) in [6.07, 6.45) is 2.67. The van der Waals surface area contributed by atoms with Crippen molar-refractivity contribution in [3.05, 3.63) is 45.7 Å². The minimum Gasteiger partial charge on any atom is -0.387 e. The first-order valence-electron chi connectivity index (χ1n) is 8.03. The fraction of sp³-hybridized carbons (Fsp3) is 0.278. The highest BCUT2D eigenvalue weighted by molar-refractivity contribution is 6.45. The van der Waals surface area contributed by atoms with Crippen LogP contribution in [0.5, 0.6) is 0 Å². The third-order valence-electron chi connectivity index (χ3n) is 4.85. The highest BCUT2D eigenvalue weighted by atomic mass is 35.5. The average molecular weight is 378 g/mol. The molecular formula is C18H17Cl2N3O2. The number of aliphatic hydroxyl groups is 1. The molecule has 0 fully saturated rings. The van der Waals surface area contributed by atoms with E-state index in [0.29, 0.717) is 29.6 Å². The Labute approximate surface area is 154 Å². The molecule has 0 saturated carbocycles. The van der Waals surface area contributed by atoms with E-state index in [4.69, 9.17) is 23.2 Å². The third-order valence-corrected chi connectivity index (χ3v) is 5.64. The van der Waals surface area contributed by atoms with Crippen LogP contribution in [0.25, 0.3) is 22.2 Å². The molecule has 0 atom stereocenters. The monoisotopic (exact) mass is 377 g/mol. The van der Waals surface area contributed by atoms with Gasteiger partial charge in [-0.15, -0.1) is 0 Å². The van der Waals surface area contributed by atoms with Gasteiger partial charge in [-0.2, -0.15) is 0 Å². The zero-order chi connectivity index (χ0) is 17.7. The second-order valence-corrected chi connectivity index (χ2v) is 7.06. The van der Waals surface area contributed by atoms with E-state index < -0.39 is 6.61 Å². The van der Waals surface area contributed by atoms with Crippen molar-refractivity contribution in [1.82, 2.24) is 14.5 Å². The summed E-state index contributed by atoms with van der Waals surface area (Å²) in [4.78, 5) is 17.0. The van der Waals surface area contributed by atoms with E-state index in [9.17, 15) is 9.90 Å². The molecule has 25 heavy (non-hydrogen) atoms. The van der Waals surface area contributed by atoms with Crippen molar-refractivity contribution in [3.63, 3.8) is 0 Å². The number of hydrogen-bond donors (Lipinski definition) is 2. The first kappa shape index (κ1) is 16.5. The molecule has 1 aliphatic rings. The lowest BCUT2D eigenvalue weighted by atomic mass is 9.99. The summed E-state index contributed by atoms with van der Waals surface area (Å²) in [7, 11) is 1.98. The van der Waals surface area contributed by atoms with Crippen LogP contribution in [0.1, 0.15) is 11.3 Å². The van der Waals surface area contributed by atoms with Crippen LogP contribution in [-0.2, 0) is 24.8 Å². The van der Waals surface area contributed by atoms with Gasteiger partial charge >= 0.3 is 0 Å².